The van der Waals surface area contributed by atoms with E-state index in [0.29, 0.717) is 6.10 Å². The van der Waals surface area contributed by atoms with E-state index in [2.05, 4.69) is 29.5 Å². The summed E-state index contributed by atoms with van der Waals surface area (Å²) >= 11 is 0. The van der Waals surface area contributed by atoms with Gasteiger partial charge in [-0.3, -0.25) is 4.68 Å². The van der Waals surface area contributed by atoms with Crippen molar-refractivity contribution >= 4 is 5.69 Å². The van der Waals surface area contributed by atoms with Gasteiger partial charge in [0.05, 0.1) is 18.3 Å². The summed E-state index contributed by atoms with van der Waals surface area (Å²) in [6.07, 6.45) is 9.29. The van der Waals surface area contributed by atoms with E-state index in [1.807, 2.05) is 36.3 Å². The van der Waals surface area contributed by atoms with Crippen LogP contribution in [-0.4, -0.2) is 15.9 Å². The molecule has 1 aliphatic carbocycles. The molecule has 1 aromatic carbocycles. The van der Waals surface area contributed by atoms with Crippen molar-refractivity contribution in [1.29, 1.82) is 0 Å². The second kappa shape index (κ2) is 6.20. The molecule has 21 heavy (non-hydrogen) atoms. The molecule has 1 N–H and O–H groups in total. The summed E-state index contributed by atoms with van der Waals surface area (Å²) in [4.78, 5) is 0. The van der Waals surface area contributed by atoms with Gasteiger partial charge in [-0.25, -0.2) is 0 Å². The van der Waals surface area contributed by atoms with Crippen LogP contribution in [0.15, 0.2) is 36.7 Å². The number of hydrogen-bond donors (Lipinski definition) is 1. The molecule has 0 bridgehead atoms. The van der Waals surface area contributed by atoms with Crippen molar-refractivity contribution in [3.63, 3.8) is 0 Å². The fraction of sp³-hybridized carbons (Fsp3) is 0.471. The van der Waals surface area contributed by atoms with E-state index in [9.17, 15) is 0 Å². The van der Waals surface area contributed by atoms with E-state index in [-0.39, 0.29) is 6.04 Å². The van der Waals surface area contributed by atoms with E-state index >= 15 is 0 Å². The maximum Gasteiger partial charge on any atom is 0.121 e. The largest absolute Gasteiger partial charge is 0.490 e. The molecule has 0 amide bonds. The molecule has 0 saturated heterocycles. The number of anilines is 1. The second-order valence-electron chi connectivity index (χ2n) is 5.87. The lowest BCUT2D eigenvalue weighted by Gasteiger charge is -2.17. The van der Waals surface area contributed by atoms with Crippen LogP contribution in [-0.2, 0) is 7.05 Å². The van der Waals surface area contributed by atoms with Gasteiger partial charge in [-0.05, 0) is 44.7 Å². The van der Waals surface area contributed by atoms with Crippen molar-refractivity contribution in [2.24, 2.45) is 7.05 Å². The molecule has 0 radical (unpaired) electrons. The lowest BCUT2D eigenvalue weighted by Crippen LogP contribution is -2.11. The summed E-state index contributed by atoms with van der Waals surface area (Å²) in [5.74, 6) is 0.963. The van der Waals surface area contributed by atoms with Crippen LogP contribution in [0.3, 0.4) is 0 Å². The SMILES string of the molecule is CC(Nc1cccc(OC2CCCC2)c1)c1cnn(C)c1. The first-order valence-electron chi connectivity index (χ1n) is 7.72. The molecular formula is C17H23N3O. The summed E-state index contributed by atoms with van der Waals surface area (Å²) in [6, 6.07) is 8.47. The first-order chi connectivity index (χ1) is 10.2. The standard InChI is InChI=1S/C17H23N3O/c1-13(14-11-18-20(2)12-14)19-15-6-5-9-17(10-15)21-16-7-3-4-8-16/h5-6,9-13,16,19H,3-4,7-8H2,1-2H3. The predicted octanol–water partition coefficient (Wildman–Crippen LogP) is 3.91. The van der Waals surface area contributed by atoms with E-state index < -0.39 is 0 Å². The molecule has 1 heterocycles. The first kappa shape index (κ1) is 14.0. The van der Waals surface area contributed by atoms with Crippen LogP contribution < -0.4 is 10.1 Å². The summed E-state index contributed by atoms with van der Waals surface area (Å²) in [5.41, 5.74) is 2.27. The molecule has 1 aliphatic rings. The molecule has 0 spiro atoms. The third-order valence-corrected chi connectivity index (χ3v) is 4.05. The monoisotopic (exact) mass is 285 g/mol. The van der Waals surface area contributed by atoms with Gasteiger partial charge in [0.2, 0.25) is 0 Å². The molecule has 1 atom stereocenters. The number of hydrogen-bond acceptors (Lipinski definition) is 3. The first-order valence-corrected chi connectivity index (χ1v) is 7.72. The minimum atomic E-state index is 0.223. The Morgan fingerprint density at radius 2 is 2.14 bits per heavy atom. The number of nitrogens with one attached hydrogen (secondary N) is 1. The van der Waals surface area contributed by atoms with Gasteiger partial charge in [0.1, 0.15) is 5.75 Å². The Labute approximate surface area is 126 Å². The Kier molecular flexibility index (Phi) is 4.13. The molecular weight excluding hydrogens is 262 g/mol. The van der Waals surface area contributed by atoms with E-state index in [1.54, 1.807) is 0 Å². The molecule has 1 aromatic heterocycles. The zero-order valence-electron chi connectivity index (χ0n) is 12.7. The van der Waals surface area contributed by atoms with Crippen LogP contribution >= 0.6 is 0 Å². The number of aryl methyl sites for hydroxylation is 1. The zero-order chi connectivity index (χ0) is 14.7. The normalized spacial score (nSPS) is 16.9. The molecule has 2 aromatic rings. The number of ether oxygens (including phenoxy) is 1. The molecule has 1 fully saturated rings. The van der Waals surface area contributed by atoms with Crippen LogP contribution in [0.5, 0.6) is 5.75 Å². The fourth-order valence-electron chi connectivity index (χ4n) is 2.85. The van der Waals surface area contributed by atoms with Crippen molar-refractivity contribution in [2.45, 2.75) is 44.8 Å². The van der Waals surface area contributed by atoms with Gasteiger partial charge >= 0.3 is 0 Å². The summed E-state index contributed by atoms with van der Waals surface area (Å²) < 4.78 is 7.88. The molecule has 0 aliphatic heterocycles. The van der Waals surface area contributed by atoms with Crippen LogP contribution in [0.1, 0.15) is 44.2 Å². The van der Waals surface area contributed by atoms with Crippen molar-refractivity contribution in [1.82, 2.24) is 9.78 Å². The Hall–Kier alpha value is -1.97. The smallest absolute Gasteiger partial charge is 0.121 e. The van der Waals surface area contributed by atoms with Gasteiger partial charge in [-0.15, -0.1) is 0 Å². The summed E-state index contributed by atoms with van der Waals surface area (Å²) in [5, 5.41) is 7.72. The number of nitrogens with zero attached hydrogens (tertiary/aromatic N) is 2. The van der Waals surface area contributed by atoms with Gasteiger partial charge in [0.25, 0.3) is 0 Å². The van der Waals surface area contributed by atoms with Crippen molar-refractivity contribution < 1.29 is 4.74 Å². The highest BCUT2D eigenvalue weighted by Gasteiger charge is 2.16. The Bertz CT molecular complexity index is 587. The zero-order valence-corrected chi connectivity index (χ0v) is 12.7. The Morgan fingerprint density at radius 3 is 2.86 bits per heavy atom. The fourth-order valence-corrected chi connectivity index (χ4v) is 2.85. The van der Waals surface area contributed by atoms with Crippen molar-refractivity contribution in [3.8, 4) is 5.75 Å². The molecule has 1 saturated carbocycles. The Morgan fingerprint density at radius 1 is 1.33 bits per heavy atom. The highest BCUT2D eigenvalue weighted by molar-refractivity contribution is 5.49. The maximum atomic E-state index is 6.05. The maximum absolute atomic E-state index is 6.05. The Balaban J connectivity index is 1.65. The van der Waals surface area contributed by atoms with Crippen LogP contribution in [0.4, 0.5) is 5.69 Å². The van der Waals surface area contributed by atoms with Crippen LogP contribution in [0, 0.1) is 0 Å². The summed E-state index contributed by atoms with van der Waals surface area (Å²) in [7, 11) is 1.94. The molecule has 4 heteroatoms. The minimum absolute atomic E-state index is 0.223. The van der Waals surface area contributed by atoms with Gasteiger partial charge in [-0.1, -0.05) is 6.07 Å². The second-order valence-corrected chi connectivity index (χ2v) is 5.87. The lowest BCUT2D eigenvalue weighted by atomic mass is 10.2. The lowest BCUT2D eigenvalue weighted by molar-refractivity contribution is 0.210. The molecule has 1 unspecified atom stereocenters. The van der Waals surface area contributed by atoms with Gasteiger partial charge < -0.3 is 10.1 Å². The van der Waals surface area contributed by atoms with Crippen LogP contribution in [0.25, 0.3) is 0 Å². The highest BCUT2D eigenvalue weighted by Crippen LogP contribution is 2.27. The van der Waals surface area contributed by atoms with Gasteiger partial charge in [0.15, 0.2) is 0 Å². The summed E-state index contributed by atoms with van der Waals surface area (Å²) in [6.45, 7) is 2.14. The average Bonchev–Trinajstić information content (AvgIpc) is 3.11. The van der Waals surface area contributed by atoms with Gasteiger partial charge in [-0.2, -0.15) is 5.10 Å². The van der Waals surface area contributed by atoms with Crippen molar-refractivity contribution in [2.75, 3.05) is 5.32 Å². The highest BCUT2D eigenvalue weighted by atomic mass is 16.5. The topological polar surface area (TPSA) is 39.1 Å². The molecule has 4 nitrogen and oxygen atoms in total. The number of rotatable bonds is 5. The van der Waals surface area contributed by atoms with Crippen LogP contribution in [0.2, 0.25) is 0 Å². The van der Waals surface area contributed by atoms with Crippen molar-refractivity contribution in [3.05, 3.63) is 42.2 Å². The van der Waals surface area contributed by atoms with E-state index in [1.165, 1.54) is 31.2 Å². The van der Waals surface area contributed by atoms with E-state index in [0.717, 1.165) is 11.4 Å². The van der Waals surface area contributed by atoms with E-state index in [4.69, 9.17) is 4.74 Å². The molecule has 3 rings (SSSR count). The minimum Gasteiger partial charge on any atom is -0.490 e. The predicted molar refractivity (Wildman–Crippen MR) is 84.6 cm³/mol. The molecule has 112 valence electrons. The average molecular weight is 285 g/mol. The third kappa shape index (κ3) is 3.57. The quantitative estimate of drug-likeness (QED) is 0.905. The van der Waals surface area contributed by atoms with Gasteiger partial charge in [0, 0.05) is 30.6 Å². The number of benzene rings is 1. The number of aromatic nitrogens is 2. The third-order valence-electron chi connectivity index (χ3n) is 4.05.